The molecule has 0 aliphatic rings. The van der Waals surface area contributed by atoms with E-state index in [-0.39, 0.29) is 0 Å². The summed E-state index contributed by atoms with van der Waals surface area (Å²) in [4.78, 5) is 4.18. The normalized spacial score (nSPS) is 9.71. The summed E-state index contributed by atoms with van der Waals surface area (Å²) in [6.45, 7) is 0. The summed E-state index contributed by atoms with van der Waals surface area (Å²) in [6.07, 6.45) is 1.72. The predicted molar refractivity (Wildman–Crippen MR) is 53.0 cm³/mol. The average Bonchev–Trinajstić information content (AvgIpc) is 2.27. The minimum absolute atomic E-state index is 0.535. The van der Waals surface area contributed by atoms with Gasteiger partial charge in [0.2, 0.25) is 0 Å². The Balaban J connectivity index is 2.77. The topological polar surface area (TPSA) is 45.9 Å². The number of fused-ring (bicyclic) bond motifs is 1. The maximum Gasteiger partial charge on any atom is 0.138 e. The highest BCUT2D eigenvalue weighted by Gasteiger charge is 2.04. The van der Waals surface area contributed by atoms with E-state index in [1.165, 1.54) is 0 Å². The fraction of sp³-hybridized carbons (Fsp3) is 0.0909. The minimum Gasteiger partial charge on any atom is -0.495 e. The van der Waals surface area contributed by atoms with Gasteiger partial charge in [-0.05, 0) is 12.1 Å². The first-order chi connectivity index (χ1) is 6.85. The molecule has 0 amide bonds. The molecule has 0 fully saturated rings. The number of hydrogen-bond acceptors (Lipinski definition) is 3. The van der Waals surface area contributed by atoms with Gasteiger partial charge in [0.25, 0.3) is 0 Å². The van der Waals surface area contributed by atoms with E-state index >= 15 is 0 Å². The Morgan fingerprint density at radius 3 is 3.00 bits per heavy atom. The third-order valence-corrected chi connectivity index (χ3v) is 2.04. The van der Waals surface area contributed by atoms with E-state index < -0.39 is 0 Å². The van der Waals surface area contributed by atoms with Crippen molar-refractivity contribution in [3.63, 3.8) is 0 Å². The van der Waals surface area contributed by atoms with Crippen LogP contribution in [-0.4, -0.2) is 12.1 Å². The Bertz CT molecular complexity index is 514. The highest BCUT2D eigenvalue weighted by Crippen LogP contribution is 2.23. The van der Waals surface area contributed by atoms with Crippen LogP contribution in [0.4, 0.5) is 0 Å². The molecule has 3 nitrogen and oxygen atoms in total. The van der Waals surface area contributed by atoms with Crippen LogP contribution < -0.4 is 4.74 Å². The molecule has 0 N–H and O–H groups in total. The number of rotatable bonds is 1. The number of aromatic nitrogens is 1. The van der Waals surface area contributed by atoms with Gasteiger partial charge in [0.15, 0.2) is 0 Å². The molecule has 0 aliphatic carbocycles. The second kappa shape index (κ2) is 3.35. The van der Waals surface area contributed by atoms with E-state index in [1.807, 2.05) is 12.1 Å². The van der Waals surface area contributed by atoms with Crippen molar-refractivity contribution in [3.05, 3.63) is 36.0 Å². The standard InChI is InChI=1S/C11H8N2O/c1-14-11-6-10-8(3-2-4-13-10)5-9(11)7-12/h2-6H,1H3. The molecule has 2 rings (SSSR count). The lowest BCUT2D eigenvalue weighted by molar-refractivity contribution is 0.414. The summed E-state index contributed by atoms with van der Waals surface area (Å²) in [5.41, 5.74) is 1.37. The van der Waals surface area contributed by atoms with E-state index in [1.54, 1.807) is 25.4 Å². The Morgan fingerprint density at radius 2 is 2.29 bits per heavy atom. The van der Waals surface area contributed by atoms with E-state index in [2.05, 4.69) is 11.1 Å². The average molecular weight is 184 g/mol. The molecule has 1 aromatic carbocycles. The zero-order chi connectivity index (χ0) is 9.97. The number of hydrogen-bond donors (Lipinski definition) is 0. The Labute approximate surface area is 81.6 Å². The van der Waals surface area contributed by atoms with Crippen LogP contribution >= 0.6 is 0 Å². The van der Waals surface area contributed by atoms with E-state index in [0.29, 0.717) is 11.3 Å². The first kappa shape index (κ1) is 8.52. The lowest BCUT2D eigenvalue weighted by Gasteiger charge is -2.03. The summed E-state index contributed by atoms with van der Waals surface area (Å²) in [5, 5.41) is 9.81. The largest absolute Gasteiger partial charge is 0.495 e. The number of nitriles is 1. The molecule has 0 spiro atoms. The number of nitrogens with zero attached hydrogens (tertiary/aromatic N) is 2. The molecule has 0 unspecified atom stereocenters. The maximum atomic E-state index is 8.86. The van der Waals surface area contributed by atoms with Crippen LogP contribution in [0.15, 0.2) is 30.5 Å². The second-order valence-electron chi connectivity index (χ2n) is 2.86. The monoisotopic (exact) mass is 184 g/mol. The molecule has 1 aromatic heterocycles. The van der Waals surface area contributed by atoms with Gasteiger partial charge in [-0.1, -0.05) is 6.07 Å². The highest BCUT2D eigenvalue weighted by molar-refractivity contribution is 5.82. The molecule has 0 saturated carbocycles. The second-order valence-corrected chi connectivity index (χ2v) is 2.86. The van der Waals surface area contributed by atoms with Gasteiger partial charge in [0.1, 0.15) is 11.8 Å². The van der Waals surface area contributed by atoms with Crippen LogP contribution in [0.2, 0.25) is 0 Å². The van der Waals surface area contributed by atoms with Crippen LogP contribution in [0.25, 0.3) is 10.9 Å². The smallest absolute Gasteiger partial charge is 0.138 e. The molecule has 0 aliphatic heterocycles. The third kappa shape index (κ3) is 1.27. The molecule has 0 saturated heterocycles. The molecule has 0 radical (unpaired) electrons. The van der Waals surface area contributed by atoms with Gasteiger partial charge < -0.3 is 4.74 Å². The van der Waals surface area contributed by atoms with Gasteiger partial charge in [0.05, 0.1) is 18.2 Å². The van der Waals surface area contributed by atoms with Crippen LogP contribution in [0, 0.1) is 11.3 Å². The molecule has 0 atom stereocenters. The first-order valence-electron chi connectivity index (χ1n) is 4.18. The minimum atomic E-state index is 0.535. The molecule has 2 aromatic rings. The fourth-order valence-electron chi connectivity index (χ4n) is 1.36. The molecule has 3 heteroatoms. The molecular formula is C11H8N2O. The first-order valence-corrected chi connectivity index (χ1v) is 4.18. The van der Waals surface area contributed by atoms with Crippen molar-refractivity contribution in [1.82, 2.24) is 4.98 Å². The van der Waals surface area contributed by atoms with Gasteiger partial charge in [-0.2, -0.15) is 5.26 Å². The van der Waals surface area contributed by atoms with Crippen molar-refractivity contribution in [1.29, 1.82) is 5.26 Å². The van der Waals surface area contributed by atoms with Gasteiger partial charge in [-0.25, -0.2) is 0 Å². The molecule has 68 valence electrons. The quantitative estimate of drug-likeness (QED) is 0.681. The Hall–Kier alpha value is -2.08. The van der Waals surface area contributed by atoms with Gasteiger partial charge >= 0.3 is 0 Å². The fourth-order valence-corrected chi connectivity index (χ4v) is 1.36. The molecular weight excluding hydrogens is 176 g/mol. The predicted octanol–water partition coefficient (Wildman–Crippen LogP) is 2.12. The van der Waals surface area contributed by atoms with E-state index in [9.17, 15) is 0 Å². The number of benzene rings is 1. The zero-order valence-corrected chi connectivity index (χ0v) is 7.69. The lowest BCUT2D eigenvalue weighted by atomic mass is 10.1. The van der Waals surface area contributed by atoms with Gasteiger partial charge in [-0.3, -0.25) is 4.98 Å². The summed E-state index contributed by atoms with van der Waals surface area (Å²) in [5.74, 6) is 0.568. The van der Waals surface area contributed by atoms with Crippen molar-refractivity contribution >= 4 is 10.9 Å². The summed E-state index contributed by atoms with van der Waals surface area (Å²) < 4.78 is 5.08. The maximum absolute atomic E-state index is 8.86. The number of ether oxygens (including phenoxy) is 1. The van der Waals surface area contributed by atoms with E-state index in [0.717, 1.165) is 10.9 Å². The van der Waals surface area contributed by atoms with Crippen molar-refractivity contribution in [3.8, 4) is 11.8 Å². The van der Waals surface area contributed by atoms with Crippen LogP contribution in [0.3, 0.4) is 0 Å². The van der Waals surface area contributed by atoms with Crippen LogP contribution in [0.5, 0.6) is 5.75 Å². The Morgan fingerprint density at radius 1 is 1.43 bits per heavy atom. The van der Waals surface area contributed by atoms with Crippen molar-refractivity contribution in [2.75, 3.05) is 7.11 Å². The van der Waals surface area contributed by atoms with Crippen LogP contribution in [-0.2, 0) is 0 Å². The Kier molecular flexibility index (Phi) is 2.04. The number of pyridine rings is 1. The lowest BCUT2D eigenvalue weighted by Crippen LogP contribution is -1.89. The third-order valence-electron chi connectivity index (χ3n) is 2.04. The molecule has 1 heterocycles. The summed E-state index contributed by atoms with van der Waals surface area (Å²) >= 11 is 0. The summed E-state index contributed by atoms with van der Waals surface area (Å²) in [7, 11) is 1.55. The van der Waals surface area contributed by atoms with Crippen molar-refractivity contribution in [2.45, 2.75) is 0 Å². The molecule has 14 heavy (non-hydrogen) atoms. The van der Waals surface area contributed by atoms with Crippen LogP contribution in [0.1, 0.15) is 5.56 Å². The van der Waals surface area contributed by atoms with Gasteiger partial charge in [0, 0.05) is 17.6 Å². The number of methoxy groups -OCH3 is 1. The SMILES string of the molecule is COc1cc2ncccc2cc1C#N. The summed E-state index contributed by atoms with van der Waals surface area (Å²) in [6, 6.07) is 9.40. The van der Waals surface area contributed by atoms with Crippen molar-refractivity contribution < 1.29 is 4.74 Å². The zero-order valence-electron chi connectivity index (χ0n) is 7.69. The van der Waals surface area contributed by atoms with E-state index in [4.69, 9.17) is 10.00 Å². The van der Waals surface area contributed by atoms with Crippen molar-refractivity contribution in [2.24, 2.45) is 0 Å². The molecule has 0 bridgehead atoms. The highest BCUT2D eigenvalue weighted by atomic mass is 16.5. The van der Waals surface area contributed by atoms with Gasteiger partial charge in [-0.15, -0.1) is 0 Å².